The number of hydrogen-bond donors (Lipinski definition) is 0. The monoisotopic (exact) mass is 172 g/mol. The van der Waals surface area contributed by atoms with Gasteiger partial charge in [-0.25, -0.2) is 0 Å². The lowest BCUT2D eigenvalue weighted by atomic mass is 10.1. The molecule has 0 atom stereocenters. The molecule has 0 saturated carbocycles. The maximum absolute atomic E-state index is 7.34. The average molecular weight is 172 g/mol. The van der Waals surface area contributed by atoms with Gasteiger partial charge in [0.2, 0.25) is 0 Å². The zero-order chi connectivity index (χ0) is 11.6. The SMILES string of the molecule is [2H]C([2H])([2H])c1ccnc(-c2ccccc2)c1. The van der Waals surface area contributed by atoms with E-state index in [0.29, 0.717) is 11.3 Å². The molecule has 1 heteroatoms. The van der Waals surface area contributed by atoms with Gasteiger partial charge < -0.3 is 0 Å². The summed E-state index contributed by atoms with van der Waals surface area (Å²) < 4.78 is 22.0. The molecule has 0 aliphatic carbocycles. The molecule has 0 spiro atoms. The van der Waals surface area contributed by atoms with Gasteiger partial charge in [-0.3, -0.25) is 4.98 Å². The van der Waals surface area contributed by atoms with Crippen molar-refractivity contribution in [3.63, 3.8) is 0 Å². The van der Waals surface area contributed by atoms with Gasteiger partial charge in [-0.1, -0.05) is 30.3 Å². The van der Waals surface area contributed by atoms with Crippen LogP contribution < -0.4 is 0 Å². The summed E-state index contributed by atoms with van der Waals surface area (Å²) in [6, 6.07) is 12.7. The Bertz CT molecular complexity index is 477. The lowest BCUT2D eigenvalue weighted by Gasteiger charge is -2.00. The van der Waals surface area contributed by atoms with Crippen LogP contribution in [0.15, 0.2) is 48.7 Å². The fourth-order valence-electron chi connectivity index (χ4n) is 1.20. The highest BCUT2D eigenvalue weighted by molar-refractivity contribution is 5.59. The van der Waals surface area contributed by atoms with E-state index in [9.17, 15) is 0 Å². The zero-order valence-corrected chi connectivity index (χ0v) is 7.07. The molecule has 0 amide bonds. The molecule has 1 aromatic heterocycles. The Kier molecular flexibility index (Phi) is 1.35. The molecule has 2 aromatic rings. The van der Waals surface area contributed by atoms with Crippen LogP contribution in [0.2, 0.25) is 0 Å². The molecule has 1 aromatic carbocycles. The minimum absolute atomic E-state index is 0.321. The Morgan fingerprint density at radius 1 is 1.15 bits per heavy atom. The van der Waals surface area contributed by atoms with Crippen molar-refractivity contribution in [2.24, 2.45) is 0 Å². The molecule has 0 aliphatic rings. The van der Waals surface area contributed by atoms with E-state index in [2.05, 4.69) is 4.98 Å². The number of benzene rings is 1. The van der Waals surface area contributed by atoms with Crippen molar-refractivity contribution in [2.45, 2.75) is 6.85 Å². The molecule has 0 saturated heterocycles. The molecule has 1 nitrogen and oxygen atoms in total. The highest BCUT2D eigenvalue weighted by Crippen LogP contribution is 2.16. The first-order chi connectivity index (χ1) is 7.57. The minimum Gasteiger partial charge on any atom is -0.256 e. The van der Waals surface area contributed by atoms with E-state index in [1.807, 2.05) is 30.3 Å². The third kappa shape index (κ3) is 1.75. The van der Waals surface area contributed by atoms with Crippen molar-refractivity contribution in [1.29, 1.82) is 0 Å². The van der Waals surface area contributed by atoms with Crippen LogP contribution in [0, 0.1) is 6.85 Å². The van der Waals surface area contributed by atoms with Gasteiger partial charge >= 0.3 is 0 Å². The molecule has 0 fully saturated rings. The predicted octanol–water partition coefficient (Wildman–Crippen LogP) is 3.06. The summed E-state index contributed by atoms with van der Waals surface area (Å²) in [6.07, 6.45) is 1.53. The fourth-order valence-corrected chi connectivity index (χ4v) is 1.20. The molecular weight excluding hydrogens is 158 g/mol. The van der Waals surface area contributed by atoms with Crippen LogP contribution in [0.1, 0.15) is 9.68 Å². The van der Waals surface area contributed by atoms with E-state index in [-0.39, 0.29) is 0 Å². The Morgan fingerprint density at radius 3 is 2.77 bits per heavy atom. The smallest absolute Gasteiger partial charge is 0.0704 e. The van der Waals surface area contributed by atoms with Crippen molar-refractivity contribution in [3.8, 4) is 11.3 Å². The van der Waals surface area contributed by atoms with Crippen LogP contribution in [-0.4, -0.2) is 4.98 Å². The number of rotatable bonds is 1. The van der Waals surface area contributed by atoms with Crippen LogP contribution in [0.4, 0.5) is 0 Å². The molecule has 0 unspecified atom stereocenters. The number of aromatic nitrogens is 1. The Morgan fingerprint density at radius 2 is 2.00 bits per heavy atom. The second-order valence-corrected chi connectivity index (χ2v) is 2.80. The molecule has 0 bridgehead atoms. The van der Waals surface area contributed by atoms with E-state index >= 15 is 0 Å². The summed E-state index contributed by atoms with van der Waals surface area (Å²) in [5, 5.41) is 0. The second kappa shape index (κ2) is 3.40. The molecule has 64 valence electrons. The topological polar surface area (TPSA) is 12.9 Å². The van der Waals surface area contributed by atoms with Gasteiger partial charge in [0.15, 0.2) is 0 Å². The number of nitrogens with zero attached hydrogens (tertiary/aromatic N) is 1. The van der Waals surface area contributed by atoms with Crippen molar-refractivity contribution in [2.75, 3.05) is 0 Å². The molecule has 13 heavy (non-hydrogen) atoms. The van der Waals surface area contributed by atoms with Gasteiger partial charge in [-0.2, -0.15) is 0 Å². The van der Waals surface area contributed by atoms with Gasteiger partial charge in [-0.05, 0) is 24.5 Å². The van der Waals surface area contributed by atoms with Gasteiger partial charge in [0, 0.05) is 15.9 Å². The molecule has 0 radical (unpaired) electrons. The van der Waals surface area contributed by atoms with E-state index in [0.717, 1.165) is 5.56 Å². The van der Waals surface area contributed by atoms with Gasteiger partial charge in [0.05, 0.1) is 5.69 Å². The molecule has 1 heterocycles. The van der Waals surface area contributed by atoms with Crippen molar-refractivity contribution < 1.29 is 4.11 Å². The summed E-state index contributed by atoms with van der Waals surface area (Å²) in [4.78, 5) is 4.17. The van der Waals surface area contributed by atoms with Crippen LogP contribution in [0.3, 0.4) is 0 Å². The summed E-state index contributed by atoms with van der Waals surface area (Å²) in [7, 11) is 0. The lowest BCUT2D eigenvalue weighted by molar-refractivity contribution is 1.29. The van der Waals surface area contributed by atoms with E-state index < -0.39 is 6.85 Å². The third-order valence-electron chi connectivity index (χ3n) is 1.83. The first-order valence-electron chi connectivity index (χ1n) is 5.59. The van der Waals surface area contributed by atoms with Crippen molar-refractivity contribution in [3.05, 3.63) is 54.2 Å². The first-order valence-corrected chi connectivity index (χ1v) is 4.09. The Balaban J connectivity index is 2.45. The maximum Gasteiger partial charge on any atom is 0.0704 e. The lowest BCUT2D eigenvalue weighted by Crippen LogP contribution is -1.82. The Hall–Kier alpha value is -1.63. The van der Waals surface area contributed by atoms with Gasteiger partial charge in [-0.15, -0.1) is 0 Å². The van der Waals surface area contributed by atoms with Crippen molar-refractivity contribution in [1.82, 2.24) is 4.98 Å². The number of hydrogen-bond acceptors (Lipinski definition) is 1. The standard InChI is InChI=1S/C12H11N/c1-10-7-8-13-12(9-10)11-5-3-2-4-6-11/h2-9H,1H3/i1D3. The summed E-state index contributed by atoms with van der Waals surface area (Å²) in [5.41, 5.74) is 1.93. The maximum atomic E-state index is 7.34. The van der Waals surface area contributed by atoms with Crippen LogP contribution in [0.5, 0.6) is 0 Å². The van der Waals surface area contributed by atoms with E-state index in [1.165, 1.54) is 12.3 Å². The van der Waals surface area contributed by atoms with E-state index in [1.54, 1.807) is 6.07 Å². The fraction of sp³-hybridized carbons (Fsp3) is 0.0833. The average Bonchev–Trinajstić information content (AvgIpc) is 2.29. The van der Waals surface area contributed by atoms with Gasteiger partial charge in [0.25, 0.3) is 0 Å². The van der Waals surface area contributed by atoms with Crippen LogP contribution in [0.25, 0.3) is 11.3 Å². The molecule has 0 N–H and O–H groups in total. The molecule has 2 rings (SSSR count). The first kappa shape index (κ1) is 5.18. The molecule has 0 aliphatic heterocycles. The predicted molar refractivity (Wildman–Crippen MR) is 54.4 cm³/mol. The Labute approximate surface area is 82.3 Å². The quantitative estimate of drug-likeness (QED) is 0.644. The second-order valence-electron chi connectivity index (χ2n) is 2.80. The highest BCUT2D eigenvalue weighted by Gasteiger charge is 1.96. The third-order valence-corrected chi connectivity index (χ3v) is 1.83. The van der Waals surface area contributed by atoms with Gasteiger partial charge in [0.1, 0.15) is 0 Å². The van der Waals surface area contributed by atoms with Crippen LogP contribution in [-0.2, 0) is 0 Å². The van der Waals surface area contributed by atoms with Crippen LogP contribution >= 0.6 is 0 Å². The summed E-state index contributed by atoms with van der Waals surface area (Å²) >= 11 is 0. The largest absolute Gasteiger partial charge is 0.256 e. The van der Waals surface area contributed by atoms with E-state index in [4.69, 9.17) is 4.11 Å². The summed E-state index contributed by atoms with van der Waals surface area (Å²) in [5.74, 6) is 0. The molecular formula is C12H11N. The summed E-state index contributed by atoms with van der Waals surface area (Å²) in [6.45, 7) is -2.08. The number of aryl methyl sites for hydroxylation is 1. The number of pyridine rings is 1. The van der Waals surface area contributed by atoms with Crippen molar-refractivity contribution >= 4 is 0 Å². The minimum atomic E-state index is -2.08. The highest BCUT2D eigenvalue weighted by atomic mass is 14.7. The normalized spacial score (nSPS) is 14.3. The zero-order valence-electron chi connectivity index (χ0n) is 10.1.